The Morgan fingerprint density at radius 3 is 2.44 bits per heavy atom. The summed E-state index contributed by atoms with van der Waals surface area (Å²) < 4.78 is 16.4. The maximum Gasteiger partial charge on any atom is 0.277 e. The number of hydrogen-bond acceptors (Lipinski definition) is 6. The van der Waals surface area contributed by atoms with Crippen molar-refractivity contribution in [1.29, 1.82) is 0 Å². The third-order valence-corrected chi connectivity index (χ3v) is 6.41. The van der Waals surface area contributed by atoms with E-state index in [1.165, 1.54) is 12.0 Å². The summed E-state index contributed by atoms with van der Waals surface area (Å²) in [6.45, 7) is 3.71. The van der Waals surface area contributed by atoms with Gasteiger partial charge in [-0.1, -0.05) is 35.9 Å². The van der Waals surface area contributed by atoms with Crippen LogP contribution in [0, 0.1) is 0 Å². The second kappa shape index (κ2) is 12.5. The van der Waals surface area contributed by atoms with Crippen LogP contribution >= 0.6 is 23.8 Å². The number of carbonyl (C=O) groups excluding carboxylic acids is 2. The van der Waals surface area contributed by atoms with Crippen LogP contribution in [0.5, 0.6) is 17.2 Å². The van der Waals surface area contributed by atoms with Crippen LogP contribution in [-0.2, 0) is 9.59 Å². The first-order valence-corrected chi connectivity index (χ1v) is 12.6. The summed E-state index contributed by atoms with van der Waals surface area (Å²) in [4.78, 5) is 28.9. The summed E-state index contributed by atoms with van der Waals surface area (Å²) >= 11 is 12.2. The van der Waals surface area contributed by atoms with Gasteiger partial charge in [-0.15, -0.1) is 6.58 Å². The van der Waals surface area contributed by atoms with Crippen molar-refractivity contribution < 1.29 is 23.8 Å². The molecule has 1 fully saturated rings. The molecule has 3 aromatic carbocycles. The second-order valence-corrected chi connectivity index (χ2v) is 9.06. The summed E-state index contributed by atoms with van der Waals surface area (Å²) in [5.41, 5.74) is 2.23. The van der Waals surface area contributed by atoms with E-state index in [1.54, 1.807) is 60.6 Å². The van der Waals surface area contributed by atoms with Gasteiger partial charge in [0.1, 0.15) is 11.4 Å². The van der Waals surface area contributed by atoms with E-state index < -0.39 is 0 Å². The fraction of sp³-hybridized carbons (Fsp3) is 0.138. The molecule has 0 aliphatic carbocycles. The highest BCUT2D eigenvalue weighted by molar-refractivity contribution is 7.80. The van der Waals surface area contributed by atoms with Crippen LogP contribution in [0.25, 0.3) is 6.08 Å². The monoisotopic (exact) mass is 563 g/mol. The van der Waals surface area contributed by atoms with Crippen molar-refractivity contribution in [2.45, 2.75) is 0 Å². The van der Waals surface area contributed by atoms with Gasteiger partial charge in [0.05, 0.1) is 19.2 Å². The van der Waals surface area contributed by atoms with Crippen LogP contribution < -0.4 is 24.4 Å². The molecule has 0 atom stereocenters. The first kappa shape index (κ1) is 27.7. The maximum absolute atomic E-state index is 13.4. The van der Waals surface area contributed by atoms with E-state index in [-0.39, 0.29) is 35.7 Å². The molecule has 2 amide bonds. The lowest BCUT2D eigenvalue weighted by molar-refractivity contribution is -0.122. The summed E-state index contributed by atoms with van der Waals surface area (Å²) in [5, 5.41) is 3.27. The van der Waals surface area contributed by atoms with Crippen LogP contribution in [0.3, 0.4) is 0 Å². The molecule has 200 valence electrons. The molecule has 10 heteroatoms. The number of hydrogen-bond donors (Lipinski definition) is 1. The highest BCUT2D eigenvalue weighted by Gasteiger charge is 2.38. The first-order chi connectivity index (χ1) is 18.9. The molecule has 0 aromatic heterocycles. The highest BCUT2D eigenvalue weighted by Crippen LogP contribution is 2.38. The summed E-state index contributed by atoms with van der Waals surface area (Å²) in [6.07, 6.45) is 3.28. The van der Waals surface area contributed by atoms with Crippen LogP contribution in [0.4, 0.5) is 11.4 Å². The van der Waals surface area contributed by atoms with E-state index in [0.717, 1.165) is 0 Å². The SMILES string of the molecule is C=CCN1C(=O)/C(=C\c2cc(Cl)c(OCC(=O)Nc3ccccc3)c(OC)c2)N(c2ccc(OC)cc2)C1=S. The average molecular weight is 564 g/mol. The van der Waals surface area contributed by atoms with Crippen LogP contribution in [0.2, 0.25) is 5.02 Å². The van der Waals surface area contributed by atoms with Gasteiger partial charge < -0.3 is 19.5 Å². The van der Waals surface area contributed by atoms with Gasteiger partial charge in [-0.25, -0.2) is 0 Å². The van der Waals surface area contributed by atoms with E-state index in [4.69, 9.17) is 38.0 Å². The number of anilines is 2. The fourth-order valence-electron chi connectivity index (χ4n) is 3.92. The van der Waals surface area contributed by atoms with E-state index in [2.05, 4.69) is 11.9 Å². The minimum absolute atomic E-state index is 0.207. The van der Waals surface area contributed by atoms with Crippen molar-refractivity contribution in [3.05, 3.63) is 95.7 Å². The van der Waals surface area contributed by atoms with Crippen molar-refractivity contribution >= 4 is 58.2 Å². The molecule has 0 bridgehead atoms. The molecule has 8 nitrogen and oxygen atoms in total. The number of nitrogens with zero attached hydrogens (tertiary/aromatic N) is 2. The molecule has 1 saturated heterocycles. The van der Waals surface area contributed by atoms with Crippen LogP contribution in [0.1, 0.15) is 5.56 Å². The number of benzene rings is 3. The number of methoxy groups -OCH3 is 2. The average Bonchev–Trinajstić information content (AvgIpc) is 3.17. The van der Waals surface area contributed by atoms with E-state index in [9.17, 15) is 9.59 Å². The molecule has 1 aliphatic heterocycles. The minimum atomic E-state index is -0.354. The lowest BCUT2D eigenvalue weighted by atomic mass is 10.1. The van der Waals surface area contributed by atoms with Gasteiger partial charge in [-0.05, 0) is 72.4 Å². The molecule has 39 heavy (non-hydrogen) atoms. The van der Waals surface area contributed by atoms with Gasteiger partial charge in [0.2, 0.25) is 0 Å². The quantitative estimate of drug-likeness (QED) is 0.197. The number of thiocarbonyl (C=S) groups is 1. The van der Waals surface area contributed by atoms with E-state index >= 15 is 0 Å². The summed E-state index contributed by atoms with van der Waals surface area (Å²) in [5.74, 6) is 0.539. The number of halogens is 1. The van der Waals surface area contributed by atoms with Crippen molar-refractivity contribution in [3.63, 3.8) is 0 Å². The number of carbonyl (C=O) groups is 2. The Kier molecular flexibility index (Phi) is 8.85. The third kappa shape index (κ3) is 6.22. The Morgan fingerprint density at radius 2 is 1.79 bits per heavy atom. The Bertz CT molecular complexity index is 1430. The topological polar surface area (TPSA) is 80.3 Å². The minimum Gasteiger partial charge on any atom is -0.497 e. The predicted octanol–water partition coefficient (Wildman–Crippen LogP) is 5.54. The molecule has 0 saturated carbocycles. The molecule has 1 heterocycles. The van der Waals surface area contributed by atoms with Crippen molar-refractivity contribution in [2.24, 2.45) is 0 Å². The smallest absolute Gasteiger partial charge is 0.277 e. The summed E-state index contributed by atoms with van der Waals surface area (Å²) in [7, 11) is 3.04. The Labute approximate surface area is 237 Å². The first-order valence-electron chi connectivity index (χ1n) is 11.8. The lowest BCUT2D eigenvalue weighted by Gasteiger charge is -2.20. The van der Waals surface area contributed by atoms with Gasteiger partial charge in [0.25, 0.3) is 11.8 Å². The molecule has 1 aliphatic rings. The zero-order valence-corrected chi connectivity index (χ0v) is 22.9. The Balaban J connectivity index is 1.63. The standard InChI is InChI=1S/C29H26ClN3O5S/c1-4-14-32-28(35)24(33(29(32)39)21-10-12-22(36-2)13-11-21)16-19-15-23(30)27(25(17-19)37-3)38-18-26(34)31-20-8-6-5-7-9-20/h4-13,15-17H,1,14,18H2,2-3H3,(H,31,34)/b24-16+. The molecule has 3 aromatic rings. The zero-order valence-electron chi connectivity index (χ0n) is 21.3. The number of ether oxygens (including phenoxy) is 3. The van der Waals surface area contributed by atoms with Gasteiger partial charge in [0.15, 0.2) is 23.2 Å². The number of nitrogens with one attached hydrogen (secondary N) is 1. The number of amides is 2. The zero-order chi connectivity index (χ0) is 27.9. The van der Waals surface area contributed by atoms with E-state index in [1.807, 2.05) is 30.3 Å². The molecule has 0 spiro atoms. The Hall–Kier alpha value is -4.34. The van der Waals surface area contributed by atoms with Crippen molar-refractivity contribution in [3.8, 4) is 17.2 Å². The lowest BCUT2D eigenvalue weighted by Crippen LogP contribution is -2.32. The van der Waals surface area contributed by atoms with Crippen molar-refractivity contribution in [1.82, 2.24) is 4.90 Å². The maximum atomic E-state index is 13.4. The fourth-order valence-corrected chi connectivity index (χ4v) is 4.55. The number of para-hydroxylation sites is 1. The van der Waals surface area contributed by atoms with Crippen LogP contribution in [-0.4, -0.2) is 49.2 Å². The van der Waals surface area contributed by atoms with Crippen molar-refractivity contribution in [2.75, 3.05) is 37.6 Å². The van der Waals surface area contributed by atoms with E-state index in [0.29, 0.717) is 39.2 Å². The molecular weight excluding hydrogens is 538 g/mol. The van der Waals surface area contributed by atoms with Gasteiger partial charge >= 0.3 is 0 Å². The molecule has 1 N–H and O–H groups in total. The number of rotatable bonds is 10. The molecule has 0 unspecified atom stereocenters. The van der Waals surface area contributed by atoms with Gasteiger partial charge in [0, 0.05) is 17.9 Å². The largest absolute Gasteiger partial charge is 0.497 e. The summed E-state index contributed by atoms with van der Waals surface area (Å²) in [6, 6.07) is 19.5. The molecular formula is C29H26ClN3O5S. The second-order valence-electron chi connectivity index (χ2n) is 8.29. The Morgan fingerprint density at radius 1 is 1.08 bits per heavy atom. The van der Waals surface area contributed by atoms with Crippen LogP contribution in [0.15, 0.2) is 85.1 Å². The van der Waals surface area contributed by atoms with Gasteiger partial charge in [-0.2, -0.15) is 0 Å². The normalized spacial score (nSPS) is 14.0. The highest BCUT2D eigenvalue weighted by atomic mass is 35.5. The van der Waals surface area contributed by atoms with Gasteiger partial charge in [-0.3, -0.25) is 19.4 Å². The predicted molar refractivity (Wildman–Crippen MR) is 157 cm³/mol. The molecule has 4 rings (SSSR count). The third-order valence-electron chi connectivity index (χ3n) is 5.73. The molecule has 0 radical (unpaired) electrons.